The first-order chi connectivity index (χ1) is 14.3. The second-order valence-electron chi connectivity index (χ2n) is 7.05. The van der Waals surface area contributed by atoms with E-state index in [0.717, 1.165) is 24.2 Å². The largest absolute Gasteiger partial charge is 0.417 e. The molecule has 5 nitrogen and oxygen atoms in total. The lowest BCUT2D eigenvalue weighted by Gasteiger charge is -2.26. The Hall–Kier alpha value is -3.42. The van der Waals surface area contributed by atoms with Crippen molar-refractivity contribution in [3.8, 4) is 5.82 Å². The fraction of sp³-hybridized carbons (Fsp3) is 0.227. The standard InChI is InChI=1S/C22H19F3N4O/c1-15-19(14-27-29(15)20-8-7-18(13-26-20)22(23,24)25)21(30)28-11-9-17(10-12-28)16-5-3-2-4-6-16/h2-9,13-14H,10-12H2,1H3. The lowest BCUT2D eigenvalue weighted by molar-refractivity contribution is -0.137. The van der Waals surface area contributed by atoms with Gasteiger partial charge in [0.2, 0.25) is 0 Å². The minimum atomic E-state index is -4.45. The zero-order valence-corrected chi connectivity index (χ0v) is 16.2. The van der Waals surface area contributed by atoms with E-state index in [1.54, 1.807) is 11.8 Å². The Morgan fingerprint density at radius 1 is 1.07 bits per heavy atom. The van der Waals surface area contributed by atoms with Crippen LogP contribution >= 0.6 is 0 Å². The Morgan fingerprint density at radius 2 is 1.83 bits per heavy atom. The molecule has 0 atom stereocenters. The van der Waals surface area contributed by atoms with Crippen LogP contribution in [0.3, 0.4) is 0 Å². The molecule has 0 aliphatic carbocycles. The van der Waals surface area contributed by atoms with Crippen LogP contribution in [0.15, 0.2) is 60.9 Å². The maximum atomic E-state index is 13.0. The Bertz CT molecular complexity index is 1090. The molecule has 0 unspecified atom stereocenters. The number of rotatable bonds is 3. The third-order valence-electron chi connectivity index (χ3n) is 5.17. The van der Waals surface area contributed by atoms with Crippen LogP contribution in [0, 0.1) is 6.92 Å². The zero-order valence-electron chi connectivity index (χ0n) is 16.2. The summed E-state index contributed by atoms with van der Waals surface area (Å²) in [4.78, 5) is 18.6. The number of pyridine rings is 1. The van der Waals surface area contributed by atoms with Gasteiger partial charge in [0.1, 0.15) is 0 Å². The molecule has 1 aliphatic heterocycles. The summed E-state index contributed by atoms with van der Waals surface area (Å²) in [6, 6.07) is 12.2. The number of amides is 1. The molecule has 1 aromatic carbocycles. The minimum absolute atomic E-state index is 0.158. The van der Waals surface area contributed by atoms with E-state index >= 15 is 0 Å². The number of hydrogen-bond acceptors (Lipinski definition) is 3. The molecule has 2 aromatic heterocycles. The number of nitrogens with zero attached hydrogens (tertiary/aromatic N) is 4. The predicted molar refractivity (Wildman–Crippen MR) is 106 cm³/mol. The van der Waals surface area contributed by atoms with Gasteiger partial charge in [-0.05, 0) is 36.6 Å². The third-order valence-corrected chi connectivity index (χ3v) is 5.17. The van der Waals surface area contributed by atoms with E-state index in [-0.39, 0.29) is 11.7 Å². The fourth-order valence-electron chi connectivity index (χ4n) is 3.47. The summed E-state index contributed by atoms with van der Waals surface area (Å²) >= 11 is 0. The summed E-state index contributed by atoms with van der Waals surface area (Å²) in [5.41, 5.74) is 2.48. The molecule has 0 bridgehead atoms. The molecule has 154 valence electrons. The maximum Gasteiger partial charge on any atom is 0.417 e. The van der Waals surface area contributed by atoms with Gasteiger partial charge in [-0.3, -0.25) is 4.79 Å². The number of hydrogen-bond donors (Lipinski definition) is 0. The molecule has 8 heteroatoms. The average molecular weight is 412 g/mol. The van der Waals surface area contributed by atoms with E-state index in [9.17, 15) is 18.0 Å². The van der Waals surface area contributed by atoms with Crippen LogP contribution in [0.4, 0.5) is 13.2 Å². The van der Waals surface area contributed by atoms with Crippen molar-refractivity contribution in [1.29, 1.82) is 0 Å². The van der Waals surface area contributed by atoms with E-state index in [1.165, 1.54) is 22.5 Å². The molecular formula is C22H19F3N4O. The van der Waals surface area contributed by atoms with Gasteiger partial charge in [-0.25, -0.2) is 9.67 Å². The van der Waals surface area contributed by atoms with E-state index in [2.05, 4.69) is 22.2 Å². The van der Waals surface area contributed by atoms with E-state index < -0.39 is 11.7 Å². The highest BCUT2D eigenvalue weighted by Gasteiger charge is 2.31. The van der Waals surface area contributed by atoms with Crippen LogP contribution in [0.1, 0.15) is 33.6 Å². The SMILES string of the molecule is Cc1c(C(=O)N2CC=C(c3ccccc3)CC2)cnn1-c1ccc(C(F)(F)F)cn1. The van der Waals surface area contributed by atoms with Crippen molar-refractivity contribution in [3.05, 3.63) is 83.3 Å². The van der Waals surface area contributed by atoms with Crippen LogP contribution in [0.25, 0.3) is 11.4 Å². The quantitative estimate of drug-likeness (QED) is 0.635. The summed E-state index contributed by atoms with van der Waals surface area (Å²) < 4.78 is 39.6. The molecule has 3 heterocycles. The van der Waals surface area contributed by atoms with E-state index in [1.807, 2.05) is 24.3 Å². The van der Waals surface area contributed by atoms with Crippen LogP contribution < -0.4 is 0 Å². The first-order valence-electron chi connectivity index (χ1n) is 9.46. The number of benzene rings is 1. The van der Waals surface area contributed by atoms with Gasteiger partial charge in [-0.15, -0.1) is 0 Å². The van der Waals surface area contributed by atoms with Gasteiger partial charge in [0.05, 0.1) is 23.0 Å². The molecule has 0 radical (unpaired) electrons. The zero-order chi connectivity index (χ0) is 21.3. The second-order valence-corrected chi connectivity index (χ2v) is 7.05. The highest BCUT2D eigenvalue weighted by Crippen LogP contribution is 2.29. The Balaban J connectivity index is 1.51. The van der Waals surface area contributed by atoms with Gasteiger partial charge < -0.3 is 4.90 Å². The van der Waals surface area contributed by atoms with Gasteiger partial charge in [0, 0.05) is 19.3 Å². The number of carbonyl (C=O) groups is 1. The van der Waals surface area contributed by atoms with Crippen molar-refractivity contribution in [2.45, 2.75) is 19.5 Å². The third kappa shape index (κ3) is 3.85. The molecule has 0 saturated carbocycles. The smallest absolute Gasteiger partial charge is 0.334 e. The summed E-state index contributed by atoms with van der Waals surface area (Å²) in [7, 11) is 0. The minimum Gasteiger partial charge on any atom is -0.334 e. The normalized spacial score (nSPS) is 14.5. The van der Waals surface area contributed by atoms with Crippen molar-refractivity contribution in [2.24, 2.45) is 0 Å². The second kappa shape index (κ2) is 7.78. The summed E-state index contributed by atoms with van der Waals surface area (Å²) in [6.07, 6.45) is 0.551. The summed E-state index contributed by atoms with van der Waals surface area (Å²) in [6.45, 7) is 2.78. The topological polar surface area (TPSA) is 51.0 Å². The van der Waals surface area contributed by atoms with E-state index in [0.29, 0.717) is 24.3 Å². The van der Waals surface area contributed by atoms with Crippen molar-refractivity contribution in [3.63, 3.8) is 0 Å². The average Bonchev–Trinajstić information content (AvgIpc) is 3.15. The molecule has 0 fully saturated rings. The van der Waals surface area contributed by atoms with Gasteiger partial charge in [0.15, 0.2) is 5.82 Å². The van der Waals surface area contributed by atoms with Crippen molar-refractivity contribution in [1.82, 2.24) is 19.7 Å². The molecule has 30 heavy (non-hydrogen) atoms. The Labute approximate surface area is 171 Å². The molecular weight excluding hydrogens is 393 g/mol. The van der Waals surface area contributed by atoms with Crippen molar-refractivity contribution in [2.75, 3.05) is 13.1 Å². The lowest BCUT2D eigenvalue weighted by atomic mass is 9.99. The van der Waals surface area contributed by atoms with Crippen LogP contribution in [-0.2, 0) is 6.18 Å². The highest BCUT2D eigenvalue weighted by molar-refractivity contribution is 5.95. The fourth-order valence-corrected chi connectivity index (χ4v) is 3.47. The van der Waals surface area contributed by atoms with Crippen molar-refractivity contribution < 1.29 is 18.0 Å². The molecule has 0 spiro atoms. The molecule has 4 rings (SSSR count). The lowest BCUT2D eigenvalue weighted by Crippen LogP contribution is -2.34. The predicted octanol–water partition coefficient (Wildman–Crippen LogP) is 4.52. The molecule has 3 aromatic rings. The first kappa shape index (κ1) is 19.9. The number of halogens is 3. The van der Waals surface area contributed by atoms with Crippen LogP contribution in [-0.4, -0.2) is 38.7 Å². The van der Waals surface area contributed by atoms with Gasteiger partial charge in [-0.1, -0.05) is 36.4 Å². The van der Waals surface area contributed by atoms with Gasteiger partial charge in [0.25, 0.3) is 5.91 Å². The number of carbonyl (C=O) groups excluding carboxylic acids is 1. The molecule has 1 amide bonds. The van der Waals surface area contributed by atoms with E-state index in [4.69, 9.17) is 0 Å². The van der Waals surface area contributed by atoms with Gasteiger partial charge in [-0.2, -0.15) is 18.3 Å². The monoisotopic (exact) mass is 412 g/mol. The maximum absolute atomic E-state index is 13.0. The molecule has 1 aliphatic rings. The first-order valence-corrected chi connectivity index (χ1v) is 9.46. The van der Waals surface area contributed by atoms with Crippen LogP contribution in [0.2, 0.25) is 0 Å². The highest BCUT2D eigenvalue weighted by atomic mass is 19.4. The molecule has 0 saturated heterocycles. The van der Waals surface area contributed by atoms with Crippen molar-refractivity contribution >= 4 is 11.5 Å². The summed E-state index contributed by atoms with van der Waals surface area (Å²) in [5.74, 6) is 0.0680. The Kier molecular flexibility index (Phi) is 5.15. The Morgan fingerprint density at radius 3 is 2.43 bits per heavy atom. The number of aromatic nitrogens is 3. The number of alkyl halides is 3. The van der Waals surface area contributed by atoms with Crippen LogP contribution in [0.5, 0.6) is 0 Å². The molecule has 0 N–H and O–H groups in total. The summed E-state index contributed by atoms with van der Waals surface area (Å²) in [5, 5.41) is 4.17. The van der Waals surface area contributed by atoms with Gasteiger partial charge >= 0.3 is 6.18 Å².